The summed E-state index contributed by atoms with van der Waals surface area (Å²) in [6.45, 7) is 21.9. The maximum atomic E-state index is 5.63. The van der Waals surface area contributed by atoms with Gasteiger partial charge in [0.1, 0.15) is 0 Å². The molecule has 135 valence electrons. The SMILES string of the molecule is C=C.CCNc1cc(C)c(C)c(C)c1.Cc1cc(N)cc(C)c1C.[B]. The molecule has 0 aromatic heterocycles. The maximum absolute atomic E-state index is 5.63. The van der Waals surface area contributed by atoms with Crippen LogP contribution >= 0.6 is 0 Å². The van der Waals surface area contributed by atoms with Crippen LogP contribution in [0.3, 0.4) is 0 Å². The minimum atomic E-state index is 0. The summed E-state index contributed by atoms with van der Waals surface area (Å²) in [6, 6.07) is 8.41. The predicted octanol–water partition coefficient (Wildman–Crippen LogP) is 5.66. The molecule has 0 unspecified atom stereocenters. The highest BCUT2D eigenvalue weighted by Crippen LogP contribution is 2.18. The molecule has 0 heterocycles. The fourth-order valence-electron chi connectivity index (χ4n) is 2.41. The first kappa shape index (κ1) is 25.1. The molecule has 0 atom stereocenters. The summed E-state index contributed by atoms with van der Waals surface area (Å²) in [5.41, 5.74) is 15.8. The van der Waals surface area contributed by atoms with Crippen molar-refractivity contribution < 1.29 is 0 Å². The molecule has 0 spiro atoms. The van der Waals surface area contributed by atoms with Crippen molar-refractivity contribution in [2.45, 2.75) is 48.5 Å². The van der Waals surface area contributed by atoms with E-state index in [9.17, 15) is 0 Å². The molecule has 0 fully saturated rings. The number of rotatable bonds is 2. The highest BCUT2D eigenvalue weighted by molar-refractivity contribution is 5.75. The van der Waals surface area contributed by atoms with E-state index < -0.39 is 0 Å². The van der Waals surface area contributed by atoms with Gasteiger partial charge >= 0.3 is 0 Å². The second-order valence-electron chi connectivity index (χ2n) is 6.05. The topological polar surface area (TPSA) is 38.0 Å². The van der Waals surface area contributed by atoms with Crippen molar-refractivity contribution in [2.24, 2.45) is 0 Å². The van der Waals surface area contributed by atoms with Gasteiger partial charge < -0.3 is 11.1 Å². The molecule has 0 aliphatic heterocycles. The molecule has 2 rings (SSSR count). The van der Waals surface area contributed by atoms with Crippen molar-refractivity contribution in [3.05, 3.63) is 70.8 Å². The number of benzene rings is 2. The first-order valence-electron chi connectivity index (χ1n) is 8.41. The Bertz CT molecular complexity index is 617. The molecule has 0 bridgehead atoms. The normalized spacial score (nSPS) is 8.92. The Balaban J connectivity index is 0. The van der Waals surface area contributed by atoms with Crippen molar-refractivity contribution in [3.8, 4) is 0 Å². The molecule has 3 heteroatoms. The van der Waals surface area contributed by atoms with E-state index in [4.69, 9.17) is 5.73 Å². The van der Waals surface area contributed by atoms with E-state index >= 15 is 0 Å². The number of nitrogens with two attached hydrogens (primary N) is 1. The van der Waals surface area contributed by atoms with E-state index in [1.807, 2.05) is 12.1 Å². The van der Waals surface area contributed by atoms with Crippen LogP contribution in [0.4, 0.5) is 11.4 Å². The van der Waals surface area contributed by atoms with Crippen LogP contribution in [0.5, 0.6) is 0 Å². The minimum Gasteiger partial charge on any atom is -0.399 e. The Morgan fingerprint density at radius 1 is 0.760 bits per heavy atom. The summed E-state index contributed by atoms with van der Waals surface area (Å²) in [7, 11) is 0. The fourth-order valence-corrected chi connectivity index (χ4v) is 2.41. The lowest BCUT2D eigenvalue weighted by atomic mass is 10.0. The molecule has 0 saturated carbocycles. The number of aryl methyl sites for hydroxylation is 4. The monoisotopic (exact) mass is 337 g/mol. The molecule has 0 aliphatic rings. The number of hydrogen-bond donors (Lipinski definition) is 2. The van der Waals surface area contributed by atoms with Gasteiger partial charge in [-0.05, 0) is 106 Å². The van der Waals surface area contributed by atoms with Crippen LogP contribution in [0.15, 0.2) is 37.4 Å². The number of nitrogen functional groups attached to an aromatic ring is 1. The van der Waals surface area contributed by atoms with Gasteiger partial charge in [-0.2, -0.15) is 0 Å². The molecular formula is C22H34BN2. The van der Waals surface area contributed by atoms with Gasteiger partial charge in [0.05, 0.1) is 0 Å². The molecule has 3 radical (unpaired) electrons. The van der Waals surface area contributed by atoms with Crippen LogP contribution < -0.4 is 11.1 Å². The minimum absolute atomic E-state index is 0. The lowest BCUT2D eigenvalue weighted by Gasteiger charge is -2.09. The molecule has 0 aliphatic carbocycles. The van der Waals surface area contributed by atoms with Crippen molar-refractivity contribution in [2.75, 3.05) is 17.6 Å². The lowest BCUT2D eigenvalue weighted by molar-refractivity contribution is 1.19. The molecule has 0 saturated heterocycles. The van der Waals surface area contributed by atoms with E-state index in [0.29, 0.717) is 0 Å². The Morgan fingerprint density at radius 2 is 1.08 bits per heavy atom. The first-order valence-corrected chi connectivity index (χ1v) is 8.41. The third-order valence-electron chi connectivity index (χ3n) is 4.26. The smallest absolute Gasteiger partial charge is 0.0345 e. The van der Waals surface area contributed by atoms with Crippen LogP contribution in [-0.4, -0.2) is 15.0 Å². The van der Waals surface area contributed by atoms with E-state index in [1.165, 1.54) is 39.1 Å². The zero-order valence-electron chi connectivity index (χ0n) is 17.1. The van der Waals surface area contributed by atoms with Crippen LogP contribution in [0.2, 0.25) is 0 Å². The van der Waals surface area contributed by atoms with Gasteiger partial charge in [-0.25, -0.2) is 0 Å². The predicted molar refractivity (Wildman–Crippen MR) is 117 cm³/mol. The van der Waals surface area contributed by atoms with Crippen LogP contribution in [0, 0.1) is 41.5 Å². The highest BCUT2D eigenvalue weighted by Gasteiger charge is 1.99. The van der Waals surface area contributed by atoms with Gasteiger partial charge in [0.15, 0.2) is 0 Å². The third kappa shape index (κ3) is 7.97. The van der Waals surface area contributed by atoms with E-state index in [0.717, 1.165) is 12.2 Å². The fraction of sp³-hybridized carbons (Fsp3) is 0.364. The van der Waals surface area contributed by atoms with Crippen molar-refractivity contribution in [1.82, 2.24) is 0 Å². The molecule has 2 aromatic rings. The van der Waals surface area contributed by atoms with Crippen molar-refractivity contribution in [1.29, 1.82) is 0 Å². The van der Waals surface area contributed by atoms with Gasteiger partial charge in [-0.1, -0.05) is 0 Å². The highest BCUT2D eigenvalue weighted by atomic mass is 14.8. The Morgan fingerprint density at radius 3 is 1.40 bits per heavy atom. The summed E-state index contributed by atoms with van der Waals surface area (Å²) in [5, 5.41) is 3.32. The summed E-state index contributed by atoms with van der Waals surface area (Å²) < 4.78 is 0. The summed E-state index contributed by atoms with van der Waals surface area (Å²) >= 11 is 0. The average Bonchev–Trinajstić information content (AvgIpc) is 2.53. The Kier molecular flexibility index (Phi) is 12.3. The van der Waals surface area contributed by atoms with Gasteiger partial charge in [-0.15, -0.1) is 13.2 Å². The van der Waals surface area contributed by atoms with Crippen molar-refractivity contribution in [3.63, 3.8) is 0 Å². The van der Waals surface area contributed by atoms with Crippen LogP contribution in [-0.2, 0) is 0 Å². The van der Waals surface area contributed by atoms with Crippen LogP contribution in [0.1, 0.15) is 40.3 Å². The Labute approximate surface area is 157 Å². The molecule has 3 N–H and O–H groups in total. The molecule has 2 aromatic carbocycles. The zero-order chi connectivity index (χ0) is 18.9. The molecule has 2 nitrogen and oxygen atoms in total. The van der Waals surface area contributed by atoms with Gasteiger partial charge in [0.2, 0.25) is 0 Å². The average molecular weight is 337 g/mol. The van der Waals surface area contributed by atoms with Gasteiger partial charge in [0, 0.05) is 26.3 Å². The van der Waals surface area contributed by atoms with Gasteiger partial charge in [-0.3, -0.25) is 0 Å². The second kappa shape index (κ2) is 12.2. The lowest BCUT2D eigenvalue weighted by Crippen LogP contribution is -1.98. The number of hydrogen-bond acceptors (Lipinski definition) is 2. The van der Waals surface area contributed by atoms with E-state index in [1.54, 1.807) is 0 Å². The van der Waals surface area contributed by atoms with Gasteiger partial charge in [0.25, 0.3) is 0 Å². The largest absolute Gasteiger partial charge is 0.399 e. The summed E-state index contributed by atoms with van der Waals surface area (Å²) in [6.07, 6.45) is 0. The Hall–Kier alpha value is -2.16. The third-order valence-corrected chi connectivity index (χ3v) is 4.26. The second-order valence-corrected chi connectivity index (χ2v) is 6.05. The first-order chi connectivity index (χ1) is 11.3. The summed E-state index contributed by atoms with van der Waals surface area (Å²) in [5.74, 6) is 0. The molecule has 25 heavy (non-hydrogen) atoms. The zero-order valence-corrected chi connectivity index (χ0v) is 17.1. The van der Waals surface area contributed by atoms with E-state index in [-0.39, 0.29) is 8.41 Å². The summed E-state index contributed by atoms with van der Waals surface area (Å²) in [4.78, 5) is 0. The maximum Gasteiger partial charge on any atom is 0.0345 e. The van der Waals surface area contributed by atoms with E-state index in [2.05, 4.69) is 79.1 Å². The quantitative estimate of drug-likeness (QED) is 0.422. The molecular weight excluding hydrogens is 303 g/mol. The molecule has 0 amide bonds. The van der Waals surface area contributed by atoms with Crippen LogP contribution in [0.25, 0.3) is 0 Å². The number of anilines is 2. The van der Waals surface area contributed by atoms with Crippen molar-refractivity contribution >= 4 is 19.8 Å². The standard InChI is InChI=1S/C11H17N.C9H13N.C2H4.B/c1-5-12-11-6-8(2)10(4)9(3)7-11;1-6-4-9(10)5-7(2)8(6)3;1-2;/h6-7,12H,5H2,1-4H3;4-5H,10H2,1-3H3;1-2H2;. The number of nitrogens with one attached hydrogen (secondary N) is 1.